The Bertz CT molecular complexity index is 337. The van der Waals surface area contributed by atoms with Crippen LogP contribution in [0, 0.1) is 0 Å². The average Bonchev–Trinajstić information content (AvgIpc) is 2.15. The van der Waals surface area contributed by atoms with Crippen LogP contribution in [0.15, 0.2) is 30.3 Å². The number of urea groups is 1. The summed E-state index contributed by atoms with van der Waals surface area (Å²) < 4.78 is 0. The van der Waals surface area contributed by atoms with Gasteiger partial charge < -0.3 is 16.8 Å². The second-order valence-corrected chi connectivity index (χ2v) is 2.75. The summed E-state index contributed by atoms with van der Waals surface area (Å²) in [5.41, 5.74) is 10.6. The molecule has 0 aliphatic heterocycles. The fourth-order valence-electron chi connectivity index (χ4n) is 1.11. The van der Waals surface area contributed by atoms with Crippen LogP contribution in [0.1, 0.15) is 11.6 Å². The topological polar surface area (TPSA) is 98.2 Å². The lowest BCUT2D eigenvalue weighted by Crippen LogP contribution is -2.40. The van der Waals surface area contributed by atoms with Crippen molar-refractivity contribution in [3.8, 4) is 0 Å². The minimum atomic E-state index is -0.867. The second-order valence-electron chi connectivity index (χ2n) is 2.75. The highest BCUT2D eigenvalue weighted by molar-refractivity contribution is 5.86. The molecule has 0 aromatic heterocycles. The lowest BCUT2D eigenvalue weighted by atomic mass is 10.1. The summed E-state index contributed by atoms with van der Waals surface area (Å²) in [4.78, 5) is 21.6. The van der Waals surface area contributed by atoms with E-state index in [1.54, 1.807) is 30.3 Å². The Kier molecular flexibility index (Phi) is 3.06. The molecule has 0 bridgehead atoms. The molecule has 0 radical (unpaired) electrons. The summed E-state index contributed by atoms with van der Waals surface area (Å²) in [5, 5.41) is 2.26. The van der Waals surface area contributed by atoms with Gasteiger partial charge in [-0.1, -0.05) is 30.3 Å². The van der Waals surface area contributed by atoms with Gasteiger partial charge in [0.2, 0.25) is 5.91 Å². The van der Waals surface area contributed by atoms with Crippen LogP contribution >= 0.6 is 0 Å². The van der Waals surface area contributed by atoms with Crippen LogP contribution in [0.25, 0.3) is 0 Å². The van der Waals surface area contributed by atoms with Crippen LogP contribution in [-0.2, 0) is 4.79 Å². The number of hydrogen-bond acceptors (Lipinski definition) is 2. The molecule has 1 atom stereocenters. The molecule has 3 amide bonds. The van der Waals surface area contributed by atoms with Gasteiger partial charge in [-0.3, -0.25) is 4.79 Å². The van der Waals surface area contributed by atoms with Gasteiger partial charge in [0, 0.05) is 0 Å². The lowest BCUT2D eigenvalue weighted by molar-refractivity contribution is -0.119. The molecule has 0 aliphatic carbocycles. The number of carbonyl (C=O) groups excluding carboxylic acids is 2. The normalized spacial score (nSPS) is 11.7. The summed E-state index contributed by atoms with van der Waals surface area (Å²) in [5.74, 6) is -0.644. The molecule has 74 valence electrons. The zero-order chi connectivity index (χ0) is 10.6. The highest BCUT2D eigenvalue weighted by atomic mass is 16.2. The fourth-order valence-corrected chi connectivity index (χ4v) is 1.11. The Morgan fingerprint density at radius 1 is 1.14 bits per heavy atom. The van der Waals surface area contributed by atoms with Gasteiger partial charge in [-0.05, 0) is 5.56 Å². The molecule has 1 unspecified atom stereocenters. The van der Waals surface area contributed by atoms with E-state index in [0.717, 1.165) is 0 Å². The maximum atomic E-state index is 11.0. The van der Waals surface area contributed by atoms with Crippen molar-refractivity contribution in [1.82, 2.24) is 5.32 Å². The molecule has 1 aromatic rings. The van der Waals surface area contributed by atoms with Crippen molar-refractivity contribution in [1.29, 1.82) is 0 Å². The van der Waals surface area contributed by atoms with Gasteiger partial charge in [0.05, 0.1) is 0 Å². The van der Waals surface area contributed by atoms with E-state index >= 15 is 0 Å². The standard InChI is InChI=1S/C9H11N3O2/c10-8(13)7(12-9(11)14)6-4-2-1-3-5-6/h1-5,7H,(H2,10,13)(H3,11,12,14). The van der Waals surface area contributed by atoms with Gasteiger partial charge in [0.1, 0.15) is 6.04 Å². The molecule has 1 rings (SSSR count). The third-order valence-corrected chi connectivity index (χ3v) is 1.70. The predicted octanol–water partition coefficient (Wildman–Crippen LogP) is -0.119. The molecule has 5 N–H and O–H groups in total. The van der Waals surface area contributed by atoms with Crippen LogP contribution in [-0.4, -0.2) is 11.9 Å². The largest absolute Gasteiger partial charge is 0.368 e. The molecule has 5 heteroatoms. The molecular formula is C9H11N3O2. The molecule has 0 heterocycles. The molecule has 0 spiro atoms. The van der Waals surface area contributed by atoms with E-state index in [1.165, 1.54) is 0 Å². The SMILES string of the molecule is NC(=O)NC(C(N)=O)c1ccccc1. The summed E-state index contributed by atoms with van der Waals surface area (Å²) in [6.07, 6.45) is 0. The Labute approximate surface area is 81.1 Å². The molecule has 5 nitrogen and oxygen atoms in total. The molecule has 0 saturated carbocycles. The summed E-state index contributed by atoms with van der Waals surface area (Å²) >= 11 is 0. The number of amides is 3. The van der Waals surface area contributed by atoms with Crippen molar-refractivity contribution in [2.24, 2.45) is 11.5 Å². The Balaban J connectivity index is 2.89. The maximum absolute atomic E-state index is 11.0. The van der Waals surface area contributed by atoms with Gasteiger partial charge in [-0.25, -0.2) is 4.79 Å². The minimum Gasteiger partial charge on any atom is -0.368 e. The van der Waals surface area contributed by atoms with Gasteiger partial charge in [-0.2, -0.15) is 0 Å². The summed E-state index contributed by atoms with van der Waals surface area (Å²) in [6, 6.07) is 7.01. The van der Waals surface area contributed by atoms with E-state index in [9.17, 15) is 9.59 Å². The van der Waals surface area contributed by atoms with Crippen molar-refractivity contribution >= 4 is 11.9 Å². The minimum absolute atomic E-state index is 0.610. The van der Waals surface area contributed by atoms with E-state index in [1.807, 2.05) is 0 Å². The van der Waals surface area contributed by atoms with Gasteiger partial charge in [0.15, 0.2) is 0 Å². The van der Waals surface area contributed by atoms with Crippen LogP contribution in [0.2, 0.25) is 0 Å². The monoisotopic (exact) mass is 193 g/mol. The fraction of sp³-hybridized carbons (Fsp3) is 0.111. The van der Waals surface area contributed by atoms with E-state index in [4.69, 9.17) is 11.5 Å². The molecular weight excluding hydrogens is 182 g/mol. The quantitative estimate of drug-likeness (QED) is 0.623. The Morgan fingerprint density at radius 2 is 1.71 bits per heavy atom. The first-order valence-corrected chi connectivity index (χ1v) is 4.01. The number of nitrogens with one attached hydrogen (secondary N) is 1. The molecule has 0 aliphatic rings. The third-order valence-electron chi connectivity index (χ3n) is 1.70. The second kappa shape index (κ2) is 4.27. The van der Waals surface area contributed by atoms with Crippen molar-refractivity contribution in [2.75, 3.05) is 0 Å². The Hall–Kier alpha value is -2.04. The maximum Gasteiger partial charge on any atom is 0.313 e. The first-order valence-electron chi connectivity index (χ1n) is 4.01. The van der Waals surface area contributed by atoms with Gasteiger partial charge in [-0.15, -0.1) is 0 Å². The smallest absolute Gasteiger partial charge is 0.313 e. The first-order chi connectivity index (χ1) is 6.61. The van der Waals surface area contributed by atoms with Crippen LogP contribution in [0.3, 0.4) is 0 Å². The Morgan fingerprint density at radius 3 is 2.14 bits per heavy atom. The summed E-state index contributed by atoms with van der Waals surface area (Å²) in [6.45, 7) is 0. The predicted molar refractivity (Wildman–Crippen MR) is 51.1 cm³/mol. The van der Waals surface area contributed by atoms with Gasteiger partial charge in [0.25, 0.3) is 0 Å². The lowest BCUT2D eigenvalue weighted by Gasteiger charge is -2.13. The molecule has 1 aromatic carbocycles. The van der Waals surface area contributed by atoms with Gasteiger partial charge >= 0.3 is 6.03 Å². The van der Waals surface area contributed by atoms with Crippen molar-refractivity contribution in [3.05, 3.63) is 35.9 Å². The van der Waals surface area contributed by atoms with E-state index in [2.05, 4.69) is 5.32 Å². The van der Waals surface area contributed by atoms with E-state index in [-0.39, 0.29) is 0 Å². The van der Waals surface area contributed by atoms with Crippen molar-refractivity contribution in [2.45, 2.75) is 6.04 Å². The van der Waals surface area contributed by atoms with Crippen LogP contribution < -0.4 is 16.8 Å². The average molecular weight is 193 g/mol. The highest BCUT2D eigenvalue weighted by Gasteiger charge is 2.18. The number of primary amides is 2. The van der Waals surface area contributed by atoms with E-state index in [0.29, 0.717) is 5.56 Å². The zero-order valence-corrected chi connectivity index (χ0v) is 7.44. The van der Waals surface area contributed by atoms with Crippen molar-refractivity contribution < 1.29 is 9.59 Å². The van der Waals surface area contributed by atoms with Crippen LogP contribution in [0.5, 0.6) is 0 Å². The molecule has 0 saturated heterocycles. The van der Waals surface area contributed by atoms with Crippen LogP contribution in [0.4, 0.5) is 4.79 Å². The number of rotatable bonds is 3. The zero-order valence-electron chi connectivity index (χ0n) is 7.44. The molecule has 0 fully saturated rings. The third kappa shape index (κ3) is 2.48. The number of carbonyl (C=O) groups is 2. The van der Waals surface area contributed by atoms with Crippen molar-refractivity contribution in [3.63, 3.8) is 0 Å². The number of nitrogens with two attached hydrogens (primary N) is 2. The van der Waals surface area contributed by atoms with E-state index < -0.39 is 18.0 Å². The highest BCUT2D eigenvalue weighted by Crippen LogP contribution is 2.10. The molecule has 14 heavy (non-hydrogen) atoms. The number of benzene rings is 1. The summed E-state index contributed by atoms with van der Waals surface area (Å²) in [7, 11) is 0. The number of hydrogen-bond donors (Lipinski definition) is 3. The first kappa shape index (κ1) is 10.0.